The molecule has 1 unspecified atom stereocenters. The number of carbonyl (C=O) groups is 2. The van der Waals surface area contributed by atoms with Crippen LogP contribution in [0.15, 0.2) is 6.20 Å². The number of carbonyl (C=O) groups excluding carboxylic acids is 1. The van der Waals surface area contributed by atoms with Gasteiger partial charge in [0, 0.05) is 12.2 Å². The highest BCUT2D eigenvalue weighted by molar-refractivity contribution is 5.97. The lowest BCUT2D eigenvalue weighted by Crippen LogP contribution is -2.52. The molecule has 1 aliphatic rings. The molecule has 0 saturated carbocycles. The van der Waals surface area contributed by atoms with Crippen LogP contribution in [-0.4, -0.2) is 57.9 Å². The Kier molecular flexibility index (Phi) is 3.10. The van der Waals surface area contributed by atoms with Gasteiger partial charge in [-0.25, -0.2) is 4.79 Å². The average molecular weight is 239 g/mol. The molecule has 1 aliphatic heterocycles. The Morgan fingerprint density at radius 1 is 1.65 bits per heavy atom. The Morgan fingerprint density at radius 2 is 2.41 bits per heavy atom. The Morgan fingerprint density at radius 3 is 3.00 bits per heavy atom. The Hall–Kier alpha value is -1.89. The molecule has 1 saturated heterocycles. The molecule has 1 fully saturated rings. The summed E-state index contributed by atoms with van der Waals surface area (Å²) in [7, 11) is 0. The number of carboxylic acid groups (broad SMARTS) is 1. The zero-order chi connectivity index (χ0) is 12.4. The third-order valence-electron chi connectivity index (χ3n) is 2.73. The molecule has 0 aliphatic carbocycles. The molecule has 2 N–H and O–H groups in total. The van der Waals surface area contributed by atoms with Crippen molar-refractivity contribution in [3.05, 3.63) is 17.5 Å². The summed E-state index contributed by atoms with van der Waals surface area (Å²) in [5.41, 5.74) is 1.03. The van der Waals surface area contributed by atoms with Gasteiger partial charge < -0.3 is 14.7 Å². The number of aromatic amines is 1. The Labute approximate surface area is 97.4 Å². The van der Waals surface area contributed by atoms with Gasteiger partial charge in [0.05, 0.1) is 25.0 Å². The van der Waals surface area contributed by atoms with Crippen molar-refractivity contribution >= 4 is 11.9 Å². The molecule has 92 valence electrons. The average Bonchev–Trinajstić information content (AvgIpc) is 2.74. The first-order chi connectivity index (χ1) is 8.11. The second kappa shape index (κ2) is 4.54. The number of hydrogen-bond donors (Lipinski definition) is 2. The summed E-state index contributed by atoms with van der Waals surface area (Å²) in [6, 6.07) is -0.925. The van der Waals surface area contributed by atoms with Gasteiger partial charge in [0.1, 0.15) is 0 Å². The Balaban J connectivity index is 2.23. The van der Waals surface area contributed by atoms with Crippen LogP contribution in [-0.2, 0) is 9.53 Å². The summed E-state index contributed by atoms with van der Waals surface area (Å²) in [6.45, 7) is 2.38. The van der Waals surface area contributed by atoms with Crippen molar-refractivity contribution in [1.29, 1.82) is 0 Å². The summed E-state index contributed by atoms with van der Waals surface area (Å²) in [5.74, 6) is -1.38. The number of hydrogen-bond acceptors (Lipinski definition) is 4. The second-order valence-corrected chi connectivity index (χ2v) is 3.84. The zero-order valence-corrected chi connectivity index (χ0v) is 9.34. The van der Waals surface area contributed by atoms with Crippen LogP contribution < -0.4 is 0 Å². The predicted octanol–water partition coefficient (Wildman–Crippen LogP) is -0.356. The smallest absolute Gasteiger partial charge is 0.328 e. The van der Waals surface area contributed by atoms with E-state index in [0.29, 0.717) is 17.9 Å². The van der Waals surface area contributed by atoms with Crippen molar-refractivity contribution in [2.24, 2.45) is 0 Å². The second-order valence-electron chi connectivity index (χ2n) is 3.84. The van der Waals surface area contributed by atoms with Gasteiger partial charge >= 0.3 is 5.97 Å². The van der Waals surface area contributed by atoms with E-state index in [1.165, 1.54) is 11.1 Å². The summed E-state index contributed by atoms with van der Waals surface area (Å²) >= 11 is 0. The highest BCUT2D eigenvalue weighted by atomic mass is 16.5. The molecule has 7 nitrogen and oxygen atoms in total. The van der Waals surface area contributed by atoms with Crippen LogP contribution in [0.25, 0.3) is 0 Å². The molecule has 1 aromatic rings. The summed E-state index contributed by atoms with van der Waals surface area (Å²) in [6.07, 6.45) is 1.41. The monoisotopic (exact) mass is 239 g/mol. The number of H-pyrrole nitrogens is 1. The quantitative estimate of drug-likeness (QED) is 0.735. The highest BCUT2D eigenvalue weighted by Crippen LogP contribution is 2.14. The van der Waals surface area contributed by atoms with Crippen molar-refractivity contribution in [2.75, 3.05) is 19.8 Å². The number of morpholine rings is 1. The lowest BCUT2D eigenvalue weighted by molar-refractivity contribution is -0.147. The summed E-state index contributed by atoms with van der Waals surface area (Å²) < 4.78 is 5.07. The number of rotatable bonds is 2. The number of aliphatic carboxylic acids is 1. The maximum Gasteiger partial charge on any atom is 0.328 e. The molecule has 1 atom stereocenters. The number of amides is 1. The lowest BCUT2D eigenvalue weighted by Gasteiger charge is -2.32. The molecular formula is C10H13N3O4. The van der Waals surface area contributed by atoms with Gasteiger partial charge in [-0.2, -0.15) is 5.10 Å². The number of nitrogens with one attached hydrogen (secondary N) is 1. The SMILES string of the molecule is Cc1[nH]ncc1C(=O)N1CCOCC1C(=O)O. The van der Waals surface area contributed by atoms with E-state index in [9.17, 15) is 9.59 Å². The van der Waals surface area contributed by atoms with E-state index in [1.807, 2.05) is 0 Å². The van der Waals surface area contributed by atoms with Crippen LogP contribution >= 0.6 is 0 Å². The number of carboxylic acids is 1. The first-order valence-corrected chi connectivity index (χ1v) is 5.22. The molecule has 1 amide bonds. The lowest BCUT2D eigenvalue weighted by atomic mass is 10.1. The third kappa shape index (κ3) is 2.14. The summed E-state index contributed by atoms with van der Waals surface area (Å²) in [4.78, 5) is 24.5. The number of aryl methyl sites for hydroxylation is 1. The van der Waals surface area contributed by atoms with E-state index in [2.05, 4.69) is 10.2 Å². The molecule has 1 aromatic heterocycles. The molecule has 0 spiro atoms. The van der Waals surface area contributed by atoms with Crippen molar-refractivity contribution < 1.29 is 19.4 Å². The van der Waals surface area contributed by atoms with E-state index in [0.717, 1.165) is 0 Å². The van der Waals surface area contributed by atoms with Crippen LogP contribution in [0.1, 0.15) is 16.1 Å². The molecule has 2 rings (SSSR count). The molecule has 7 heteroatoms. The molecule has 0 radical (unpaired) electrons. The van der Waals surface area contributed by atoms with Gasteiger partial charge in [0.2, 0.25) is 0 Å². The van der Waals surface area contributed by atoms with E-state index in [-0.39, 0.29) is 19.1 Å². The molecule has 0 aromatic carbocycles. The van der Waals surface area contributed by atoms with E-state index < -0.39 is 12.0 Å². The maximum atomic E-state index is 12.1. The van der Waals surface area contributed by atoms with Crippen molar-refractivity contribution in [3.8, 4) is 0 Å². The molecule has 17 heavy (non-hydrogen) atoms. The molecule has 2 heterocycles. The maximum absolute atomic E-state index is 12.1. The minimum atomic E-state index is -1.06. The van der Waals surface area contributed by atoms with Gasteiger partial charge in [0.25, 0.3) is 5.91 Å². The third-order valence-corrected chi connectivity index (χ3v) is 2.73. The fraction of sp³-hybridized carbons (Fsp3) is 0.500. The van der Waals surface area contributed by atoms with Crippen LogP contribution in [0.2, 0.25) is 0 Å². The van der Waals surface area contributed by atoms with Crippen LogP contribution in [0.4, 0.5) is 0 Å². The van der Waals surface area contributed by atoms with Crippen molar-refractivity contribution in [1.82, 2.24) is 15.1 Å². The van der Waals surface area contributed by atoms with Crippen LogP contribution in [0, 0.1) is 6.92 Å². The van der Waals surface area contributed by atoms with E-state index in [1.54, 1.807) is 6.92 Å². The van der Waals surface area contributed by atoms with Gasteiger partial charge in [0.15, 0.2) is 6.04 Å². The minimum absolute atomic E-state index is 0.0258. The van der Waals surface area contributed by atoms with Gasteiger partial charge in [-0.05, 0) is 6.92 Å². The zero-order valence-electron chi connectivity index (χ0n) is 9.34. The van der Waals surface area contributed by atoms with Crippen LogP contribution in [0.5, 0.6) is 0 Å². The first-order valence-electron chi connectivity index (χ1n) is 5.22. The first kappa shape index (κ1) is 11.6. The fourth-order valence-corrected chi connectivity index (χ4v) is 1.77. The largest absolute Gasteiger partial charge is 0.480 e. The normalized spacial score (nSPS) is 20.3. The van der Waals surface area contributed by atoms with E-state index in [4.69, 9.17) is 9.84 Å². The molecule has 0 bridgehead atoms. The molecular weight excluding hydrogens is 226 g/mol. The van der Waals surface area contributed by atoms with Gasteiger partial charge in [-0.15, -0.1) is 0 Å². The fourth-order valence-electron chi connectivity index (χ4n) is 1.77. The topological polar surface area (TPSA) is 95.5 Å². The van der Waals surface area contributed by atoms with Crippen LogP contribution in [0.3, 0.4) is 0 Å². The van der Waals surface area contributed by atoms with Crippen molar-refractivity contribution in [2.45, 2.75) is 13.0 Å². The number of aromatic nitrogens is 2. The standard InChI is InChI=1S/C10H13N3O4/c1-6-7(4-11-12-6)9(14)13-2-3-17-5-8(13)10(15)16/h4,8H,2-3,5H2,1H3,(H,11,12)(H,15,16). The Bertz CT molecular complexity index is 443. The van der Waals surface area contributed by atoms with Gasteiger partial charge in [-0.3, -0.25) is 9.89 Å². The minimum Gasteiger partial charge on any atom is -0.480 e. The predicted molar refractivity (Wildman–Crippen MR) is 56.6 cm³/mol. The van der Waals surface area contributed by atoms with E-state index >= 15 is 0 Å². The summed E-state index contributed by atoms with van der Waals surface area (Å²) in [5, 5.41) is 15.4. The van der Waals surface area contributed by atoms with Gasteiger partial charge in [-0.1, -0.05) is 0 Å². The highest BCUT2D eigenvalue weighted by Gasteiger charge is 2.34. The van der Waals surface area contributed by atoms with Crippen molar-refractivity contribution in [3.63, 3.8) is 0 Å². The number of ether oxygens (including phenoxy) is 1. The number of nitrogens with zero attached hydrogens (tertiary/aromatic N) is 2.